The molecule has 0 radical (unpaired) electrons. The molecular formula is C13H21N2O2S+. The molecule has 0 spiro atoms. The van der Waals surface area contributed by atoms with E-state index in [0.717, 1.165) is 37.2 Å². The molecular weight excluding hydrogens is 248 g/mol. The molecule has 1 saturated heterocycles. The van der Waals surface area contributed by atoms with E-state index in [1.807, 2.05) is 11.8 Å². The molecule has 0 saturated carbocycles. The molecule has 4 nitrogen and oxygen atoms in total. The molecule has 100 valence electrons. The lowest BCUT2D eigenvalue weighted by Crippen LogP contribution is -2.57. The highest BCUT2D eigenvalue weighted by atomic mass is 32.1. The van der Waals surface area contributed by atoms with Gasteiger partial charge in [0.1, 0.15) is 6.54 Å². The van der Waals surface area contributed by atoms with Crippen molar-refractivity contribution < 1.29 is 14.0 Å². The van der Waals surface area contributed by atoms with Gasteiger partial charge in [0.2, 0.25) is 0 Å². The number of carbonyl (C=O) groups excluding carboxylic acids is 1. The van der Waals surface area contributed by atoms with Crippen LogP contribution < -0.4 is 0 Å². The van der Waals surface area contributed by atoms with E-state index >= 15 is 0 Å². The molecule has 1 aliphatic heterocycles. The third-order valence-corrected chi connectivity index (χ3v) is 4.22. The summed E-state index contributed by atoms with van der Waals surface area (Å²) >= 11 is 1.74. The van der Waals surface area contributed by atoms with Crippen LogP contribution in [0.4, 0.5) is 4.79 Å². The van der Waals surface area contributed by atoms with Crippen molar-refractivity contribution >= 4 is 17.4 Å². The van der Waals surface area contributed by atoms with Gasteiger partial charge in [-0.15, -0.1) is 0 Å². The molecule has 0 aliphatic carbocycles. The maximum absolute atomic E-state index is 11.6. The van der Waals surface area contributed by atoms with E-state index in [9.17, 15) is 4.79 Å². The van der Waals surface area contributed by atoms with Crippen LogP contribution in [-0.2, 0) is 11.3 Å². The van der Waals surface area contributed by atoms with Gasteiger partial charge in [-0.2, -0.15) is 11.3 Å². The highest BCUT2D eigenvalue weighted by Gasteiger charge is 2.31. The minimum Gasteiger partial charge on any atom is -0.450 e. The highest BCUT2D eigenvalue weighted by Crippen LogP contribution is 2.18. The summed E-state index contributed by atoms with van der Waals surface area (Å²) in [6, 6.07) is 2.19. The second kappa shape index (κ2) is 5.71. The number of piperazine rings is 1. The SMILES string of the molecule is CCOC(=O)N1CC[N+](C)(Cc2ccsc2)CC1. The lowest BCUT2D eigenvalue weighted by atomic mass is 10.2. The second-order valence-electron chi connectivity index (χ2n) is 5.04. The van der Waals surface area contributed by atoms with Crippen molar-refractivity contribution in [1.29, 1.82) is 0 Å². The van der Waals surface area contributed by atoms with Gasteiger partial charge in [-0.25, -0.2) is 4.79 Å². The molecule has 0 atom stereocenters. The van der Waals surface area contributed by atoms with Gasteiger partial charge in [0.25, 0.3) is 0 Å². The van der Waals surface area contributed by atoms with Gasteiger partial charge >= 0.3 is 6.09 Å². The van der Waals surface area contributed by atoms with Crippen LogP contribution in [0.3, 0.4) is 0 Å². The number of hydrogen-bond acceptors (Lipinski definition) is 3. The smallest absolute Gasteiger partial charge is 0.410 e. The third kappa shape index (κ3) is 3.23. The number of nitrogens with zero attached hydrogens (tertiary/aromatic N) is 2. The number of ether oxygens (including phenoxy) is 1. The fraction of sp³-hybridized carbons (Fsp3) is 0.615. The van der Waals surface area contributed by atoms with Gasteiger partial charge < -0.3 is 9.22 Å². The van der Waals surface area contributed by atoms with Crippen molar-refractivity contribution in [3.8, 4) is 0 Å². The molecule has 0 unspecified atom stereocenters. The van der Waals surface area contributed by atoms with Gasteiger partial charge in [-0.1, -0.05) is 0 Å². The van der Waals surface area contributed by atoms with Crippen LogP contribution in [0.25, 0.3) is 0 Å². The van der Waals surface area contributed by atoms with Crippen LogP contribution in [0.15, 0.2) is 16.8 Å². The number of carbonyl (C=O) groups is 1. The van der Waals surface area contributed by atoms with E-state index < -0.39 is 0 Å². The maximum atomic E-state index is 11.6. The number of rotatable bonds is 3. The molecule has 0 bridgehead atoms. The van der Waals surface area contributed by atoms with Crippen LogP contribution in [0, 0.1) is 0 Å². The quantitative estimate of drug-likeness (QED) is 0.787. The molecule has 1 aromatic rings. The predicted molar refractivity (Wildman–Crippen MR) is 72.5 cm³/mol. The highest BCUT2D eigenvalue weighted by molar-refractivity contribution is 7.07. The summed E-state index contributed by atoms with van der Waals surface area (Å²) in [6.07, 6.45) is -0.167. The van der Waals surface area contributed by atoms with Gasteiger partial charge in [-0.05, 0) is 23.8 Å². The van der Waals surface area contributed by atoms with Crippen molar-refractivity contribution in [1.82, 2.24) is 4.90 Å². The van der Waals surface area contributed by atoms with Crippen LogP contribution >= 0.6 is 11.3 Å². The zero-order chi connectivity index (χ0) is 13.0. The number of likely N-dealkylation sites (N-methyl/N-ethyl adjacent to an activating group) is 1. The normalized spacial score (nSPS) is 18.7. The van der Waals surface area contributed by atoms with Crippen molar-refractivity contribution in [3.63, 3.8) is 0 Å². The number of amides is 1. The number of quaternary nitrogens is 1. The average Bonchev–Trinajstić information content (AvgIpc) is 2.82. The molecule has 1 fully saturated rings. The Kier molecular flexibility index (Phi) is 4.24. The Balaban J connectivity index is 1.87. The molecule has 1 aromatic heterocycles. The molecule has 2 heterocycles. The van der Waals surface area contributed by atoms with Crippen LogP contribution in [0.1, 0.15) is 12.5 Å². The summed E-state index contributed by atoms with van der Waals surface area (Å²) in [5, 5.41) is 4.33. The lowest BCUT2D eigenvalue weighted by Gasteiger charge is -2.41. The van der Waals surface area contributed by atoms with Crippen molar-refractivity contribution in [2.24, 2.45) is 0 Å². The summed E-state index contributed by atoms with van der Waals surface area (Å²) in [6.45, 7) is 6.93. The standard InChI is InChI=1S/C13H21N2O2S/c1-3-17-13(16)14-5-7-15(2,8-6-14)10-12-4-9-18-11-12/h4,9,11H,3,5-8,10H2,1-2H3/q+1. The van der Waals surface area contributed by atoms with E-state index in [2.05, 4.69) is 23.9 Å². The summed E-state index contributed by atoms with van der Waals surface area (Å²) < 4.78 is 6.04. The van der Waals surface area contributed by atoms with E-state index in [0.29, 0.717) is 6.61 Å². The maximum Gasteiger partial charge on any atom is 0.410 e. The van der Waals surface area contributed by atoms with E-state index in [4.69, 9.17) is 4.74 Å². The average molecular weight is 269 g/mol. The first-order chi connectivity index (χ1) is 8.63. The van der Waals surface area contributed by atoms with Gasteiger partial charge in [-0.3, -0.25) is 4.90 Å². The first-order valence-electron chi connectivity index (χ1n) is 6.39. The summed E-state index contributed by atoms with van der Waals surface area (Å²) in [5.41, 5.74) is 1.40. The van der Waals surface area contributed by atoms with Crippen LogP contribution in [0.5, 0.6) is 0 Å². The third-order valence-electron chi connectivity index (χ3n) is 3.49. The Hall–Kier alpha value is -1.07. The zero-order valence-corrected chi connectivity index (χ0v) is 11.9. The largest absolute Gasteiger partial charge is 0.450 e. The minimum absolute atomic E-state index is 0.167. The predicted octanol–water partition coefficient (Wildman–Crippen LogP) is 2.17. The first kappa shape index (κ1) is 13.4. The Bertz CT molecular complexity index is 384. The first-order valence-corrected chi connectivity index (χ1v) is 7.33. The van der Waals surface area contributed by atoms with Gasteiger partial charge in [0, 0.05) is 5.56 Å². The summed E-state index contributed by atoms with van der Waals surface area (Å²) in [5.74, 6) is 0. The molecule has 2 rings (SSSR count). The van der Waals surface area contributed by atoms with E-state index in [-0.39, 0.29) is 6.09 Å². The molecule has 1 amide bonds. The summed E-state index contributed by atoms with van der Waals surface area (Å²) in [7, 11) is 2.26. The Morgan fingerprint density at radius 1 is 1.50 bits per heavy atom. The zero-order valence-electron chi connectivity index (χ0n) is 11.1. The molecule has 18 heavy (non-hydrogen) atoms. The number of hydrogen-bond donors (Lipinski definition) is 0. The second-order valence-corrected chi connectivity index (χ2v) is 5.82. The lowest BCUT2D eigenvalue weighted by molar-refractivity contribution is -0.926. The van der Waals surface area contributed by atoms with Crippen LogP contribution in [-0.4, -0.2) is 55.3 Å². The topological polar surface area (TPSA) is 29.5 Å². The van der Waals surface area contributed by atoms with Crippen molar-refractivity contribution in [2.45, 2.75) is 13.5 Å². The Labute approximate surface area is 112 Å². The van der Waals surface area contributed by atoms with Gasteiger partial charge in [0.05, 0.1) is 39.8 Å². The molecule has 1 aliphatic rings. The molecule has 0 aromatic carbocycles. The van der Waals surface area contributed by atoms with E-state index in [1.165, 1.54) is 5.56 Å². The fourth-order valence-electron chi connectivity index (χ4n) is 2.33. The van der Waals surface area contributed by atoms with Crippen LogP contribution in [0.2, 0.25) is 0 Å². The van der Waals surface area contributed by atoms with Crippen molar-refractivity contribution in [2.75, 3.05) is 39.8 Å². The summed E-state index contributed by atoms with van der Waals surface area (Å²) in [4.78, 5) is 13.4. The Morgan fingerprint density at radius 2 is 2.22 bits per heavy atom. The molecule has 5 heteroatoms. The Morgan fingerprint density at radius 3 is 2.78 bits per heavy atom. The number of thiophene rings is 1. The fourth-order valence-corrected chi connectivity index (χ4v) is 2.99. The minimum atomic E-state index is -0.167. The van der Waals surface area contributed by atoms with Crippen molar-refractivity contribution in [3.05, 3.63) is 22.4 Å². The molecule has 0 N–H and O–H groups in total. The van der Waals surface area contributed by atoms with E-state index in [1.54, 1.807) is 11.3 Å². The monoisotopic (exact) mass is 269 g/mol. The van der Waals surface area contributed by atoms with Gasteiger partial charge in [0.15, 0.2) is 0 Å².